The molecular formula is C18H18N4O4. The summed E-state index contributed by atoms with van der Waals surface area (Å²) >= 11 is 0. The van der Waals surface area contributed by atoms with E-state index >= 15 is 0 Å². The average Bonchev–Trinajstić information content (AvgIpc) is 3.05. The summed E-state index contributed by atoms with van der Waals surface area (Å²) in [7, 11) is 0. The van der Waals surface area contributed by atoms with Crippen LogP contribution in [0.4, 0.5) is 0 Å². The summed E-state index contributed by atoms with van der Waals surface area (Å²) in [5.74, 6) is -1.20. The molecule has 8 nitrogen and oxygen atoms in total. The van der Waals surface area contributed by atoms with Crippen LogP contribution in [0.2, 0.25) is 0 Å². The number of aromatic amines is 1. The Hall–Kier alpha value is -3.16. The number of aromatic nitrogens is 3. The molecule has 0 saturated carbocycles. The molecule has 8 heteroatoms. The number of benzene rings is 1. The van der Waals surface area contributed by atoms with Gasteiger partial charge in [0.1, 0.15) is 17.3 Å². The van der Waals surface area contributed by atoms with Crippen LogP contribution in [0.5, 0.6) is 0 Å². The molecule has 1 aliphatic rings. The highest BCUT2D eigenvalue weighted by Gasteiger charge is 2.36. The minimum Gasteiger partial charge on any atom is -0.480 e. The van der Waals surface area contributed by atoms with Crippen LogP contribution in [0.25, 0.3) is 16.6 Å². The average molecular weight is 354 g/mol. The number of amides is 1. The Balaban J connectivity index is 1.83. The Morgan fingerprint density at radius 3 is 2.85 bits per heavy atom. The van der Waals surface area contributed by atoms with E-state index in [0.717, 1.165) is 6.42 Å². The van der Waals surface area contributed by atoms with Crippen LogP contribution >= 0.6 is 0 Å². The van der Waals surface area contributed by atoms with E-state index in [1.165, 1.54) is 15.6 Å². The molecule has 2 atom stereocenters. The van der Waals surface area contributed by atoms with Gasteiger partial charge in [0.25, 0.3) is 11.5 Å². The molecule has 0 bridgehead atoms. The van der Waals surface area contributed by atoms with E-state index in [0.29, 0.717) is 23.9 Å². The molecule has 1 saturated heterocycles. The van der Waals surface area contributed by atoms with Crippen LogP contribution in [0.1, 0.15) is 30.1 Å². The van der Waals surface area contributed by atoms with Crippen molar-refractivity contribution >= 4 is 28.4 Å². The van der Waals surface area contributed by atoms with Crippen molar-refractivity contribution in [3.8, 4) is 0 Å². The molecule has 2 N–H and O–H groups in total. The highest BCUT2D eigenvalue weighted by atomic mass is 16.4. The smallest absolute Gasteiger partial charge is 0.326 e. The zero-order valence-corrected chi connectivity index (χ0v) is 14.2. The predicted molar refractivity (Wildman–Crippen MR) is 94.2 cm³/mol. The number of hydrogen-bond donors (Lipinski definition) is 2. The SMILES string of the molecule is CC1CCN(C(=O)c2cnn3c2[nH]c(=O)c2ccccc23)C(C(=O)O)C1. The molecule has 0 spiro atoms. The summed E-state index contributed by atoms with van der Waals surface area (Å²) in [5.41, 5.74) is 0.757. The summed E-state index contributed by atoms with van der Waals surface area (Å²) in [6.07, 6.45) is 2.55. The minimum absolute atomic E-state index is 0.202. The number of H-pyrrole nitrogens is 1. The third kappa shape index (κ3) is 2.45. The molecule has 26 heavy (non-hydrogen) atoms. The first-order valence-corrected chi connectivity index (χ1v) is 8.50. The van der Waals surface area contributed by atoms with Crippen LogP contribution in [0.15, 0.2) is 35.3 Å². The van der Waals surface area contributed by atoms with Gasteiger partial charge in [0, 0.05) is 6.54 Å². The molecule has 2 unspecified atom stereocenters. The second kappa shape index (κ2) is 5.98. The zero-order chi connectivity index (χ0) is 18.4. The van der Waals surface area contributed by atoms with E-state index in [1.807, 2.05) is 6.92 Å². The largest absolute Gasteiger partial charge is 0.480 e. The number of carbonyl (C=O) groups is 2. The topological polar surface area (TPSA) is 108 Å². The van der Waals surface area contributed by atoms with Crippen molar-refractivity contribution in [1.82, 2.24) is 19.5 Å². The highest BCUT2D eigenvalue weighted by molar-refractivity contribution is 6.02. The van der Waals surface area contributed by atoms with E-state index < -0.39 is 17.9 Å². The van der Waals surface area contributed by atoms with Gasteiger partial charge in [-0.3, -0.25) is 9.59 Å². The number of nitrogens with one attached hydrogen (secondary N) is 1. The number of para-hydroxylation sites is 1. The Morgan fingerprint density at radius 1 is 1.31 bits per heavy atom. The van der Waals surface area contributed by atoms with Gasteiger partial charge in [0.2, 0.25) is 0 Å². The lowest BCUT2D eigenvalue weighted by Crippen LogP contribution is -2.49. The monoisotopic (exact) mass is 354 g/mol. The van der Waals surface area contributed by atoms with Gasteiger partial charge in [-0.25, -0.2) is 9.31 Å². The molecule has 1 amide bonds. The lowest BCUT2D eigenvalue weighted by Gasteiger charge is -2.35. The van der Waals surface area contributed by atoms with Crippen LogP contribution in [-0.2, 0) is 4.79 Å². The lowest BCUT2D eigenvalue weighted by molar-refractivity contribution is -0.144. The van der Waals surface area contributed by atoms with Crippen molar-refractivity contribution < 1.29 is 14.7 Å². The quantitative estimate of drug-likeness (QED) is 0.725. The highest BCUT2D eigenvalue weighted by Crippen LogP contribution is 2.25. The molecule has 1 aromatic carbocycles. The molecule has 0 aliphatic carbocycles. The first-order valence-electron chi connectivity index (χ1n) is 8.50. The van der Waals surface area contributed by atoms with Gasteiger partial charge in [-0.1, -0.05) is 19.1 Å². The number of likely N-dealkylation sites (tertiary alicyclic amines) is 1. The third-order valence-electron chi connectivity index (χ3n) is 5.02. The number of rotatable bonds is 2. The standard InChI is InChI=1S/C18H18N4O4/c1-10-6-7-21(14(8-10)18(25)26)17(24)12-9-19-22-13-5-3-2-4-11(13)16(23)20-15(12)22/h2-5,9-10,14H,6-8H2,1H3,(H,20,23)(H,25,26). The van der Waals surface area contributed by atoms with E-state index in [4.69, 9.17) is 0 Å². The van der Waals surface area contributed by atoms with Crippen LogP contribution in [0, 0.1) is 5.92 Å². The molecule has 1 aliphatic heterocycles. The fourth-order valence-corrected chi connectivity index (χ4v) is 3.61. The first kappa shape index (κ1) is 16.3. The van der Waals surface area contributed by atoms with Crippen molar-refractivity contribution in [2.24, 2.45) is 5.92 Å². The lowest BCUT2D eigenvalue weighted by atomic mass is 9.92. The van der Waals surface area contributed by atoms with Crippen molar-refractivity contribution in [2.45, 2.75) is 25.8 Å². The summed E-state index contributed by atoms with van der Waals surface area (Å²) in [5, 5.41) is 14.2. The number of fused-ring (bicyclic) bond motifs is 3. The second-order valence-corrected chi connectivity index (χ2v) is 6.77. The van der Waals surface area contributed by atoms with Crippen molar-refractivity contribution in [3.63, 3.8) is 0 Å². The molecule has 3 aromatic rings. The van der Waals surface area contributed by atoms with Crippen molar-refractivity contribution in [1.29, 1.82) is 0 Å². The molecule has 0 radical (unpaired) electrons. The maximum Gasteiger partial charge on any atom is 0.326 e. The Labute approximate surface area is 148 Å². The number of carboxylic acid groups (broad SMARTS) is 1. The van der Waals surface area contributed by atoms with Gasteiger partial charge < -0.3 is 15.0 Å². The minimum atomic E-state index is -1.01. The number of piperidine rings is 1. The predicted octanol–water partition coefficient (Wildman–Crippen LogP) is 1.50. The summed E-state index contributed by atoms with van der Waals surface area (Å²) < 4.78 is 1.51. The third-order valence-corrected chi connectivity index (χ3v) is 5.02. The van der Waals surface area contributed by atoms with E-state index in [-0.39, 0.29) is 22.7 Å². The van der Waals surface area contributed by atoms with E-state index in [1.54, 1.807) is 24.3 Å². The van der Waals surface area contributed by atoms with Crippen LogP contribution in [-0.4, -0.2) is 49.1 Å². The Morgan fingerprint density at radius 2 is 2.08 bits per heavy atom. The van der Waals surface area contributed by atoms with Gasteiger partial charge in [-0.2, -0.15) is 5.10 Å². The van der Waals surface area contributed by atoms with Crippen LogP contribution < -0.4 is 5.56 Å². The number of nitrogens with zero attached hydrogens (tertiary/aromatic N) is 3. The normalized spacial score (nSPS) is 20.6. The fraction of sp³-hybridized carbons (Fsp3) is 0.333. The van der Waals surface area contributed by atoms with Gasteiger partial charge >= 0.3 is 5.97 Å². The molecule has 3 heterocycles. The van der Waals surface area contributed by atoms with Crippen LogP contribution in [0.3, 0.4) is 0 Å². The fourth-order valence-electron chi connectivity index (χ4n) is 3.61. The molecule has 2 aromatic heterocycles. The molecular weight excluding hydrogens is 336 g/mol. The Kier molecular flexibility index (Phi) is 3.75. The maximum atomic E-state index is 13.0. The zero-order valence-electron chi connectivity index (χ0n) is 14.2. The second-order valence-electron chi connectivity index (χ2n) is 6.77. The van der Waals surface area contributed by atoms with Crippen molar-refractivity contribution in [2.75, 3.05) is 6.54 Å². The first-order chi connectivity index (χ1) is 12.5. The van der Waals surface area contributed by atoms with E-state index in [2.05, 4.69) is 10.1 Å². The van der Waals surface area contributed by atoms with Crippen molar-refractivity contribution in [3.05, 3.63) is 46.4 Å². The van der Waals surface area contributed by atoms with Gasteiger partial charge in [-0.15, -0.1) is 0 Å². The number of aliphatic carboxylic acids is 1. The number of carboxylic acids is 1. The molecule has 4 rings (SSSR count). The molecule has 134 valence electrons. The number of carbonyl (C=O) groups excluding carboxylic acids is 1. The van der Waals surface area contributed by atoms with Gasteiger partial charge in [0.05, 0.1) is 17.1 Å². The summed E-state index contributed by atoms with van der Waals surface area (Å²) in [6.45, 7) is 2.35. The maximum absolute atomic E-state index is 13.0. The summed E-state index contributed by atoms with van der Waals surface area (Å²) in [4.78, 5) is 41.0. The summed E-state index contributed by atoms with van der Waals surface area (Å²) in [6, 6.07) is 6.11. The number of hydrogen-bond acceptors (Lipinski definition) is 4. The van der Waals surface area contributed by atoms with E-state index in [9.17, 15) is 19.5 Å². The Bertz CT molecular complexity index is 1080. The molecule has 1 fully saturated rings. The van der Waals surface area contributed by atoms with Gasteiger partial charge in [-0.05, 0) is 30.9 Å². The van der Waals surface area contributed by atoms with Gasteiger partial charge in [0.15, 0.2) is 0 Å².